The molecule has 0 aliphatic carbocycles. The summed E-state index contributed by atoms with van der Waals surface area (Å²) in [5.74, 6) is -0.778. The Morgan fingerprint density at radius 3 is 2.58 bits per heavy atom. The third-order valence-corrected chi connectivity index (χ3v) is 3.92. The van der Waals surface area contributed by atoms with Gasteiger partial charge < -0.3 is 5.11 Å². The number of benzene rings is 1. The molecule has 3 nitrogen and oxygen atoms in total. The highest BCUT2D eigenvalue weighted by Crippen LogP contribution is 2.25. The first-order valence-electron chi connectivity index (χ1n) is 6.11. The Kier molecular flexibility index (Phi) is 5.83. The number of halogens is 2. The van der Waals surface area contributed by atoms with Crippen molar-refractivity contribution in [3.05, 3.63) is 33.3 Å². The van der Waals surface area contributed by atoms with Crippen LogP contribution in [0.4, 0.5) is 0 Å². The highest BCUT2D eigenvalue weighted by molar-refractivity contribution is 9.10. The van der Waals surface area contributed by atoms with Crippen molar-refractivity contribution in [3.8, 4) is 0 Å². The number of carboxylic acid groups (broad SMARTS) is 1. The van der Waals surface area contributed by atoms with E-state index in [1.54, 1.807) is 0 Å². The fraction of sp³-hybridized carbons (Fsp3) is 0.500. The first-order chi connectivity index (χ1) is 8.70. The van der Waals surface area contributed by atoms with Crippen molar-refractivity contribution in [1.82, 2.24) is 4.90 Å². The van der Waals surface area contributed by atoms with Gasteiger partial charge in [0, 0.05) is 28.1 Å². The van der Waals surface area contributed by atoms with Gasteiger partial charge in [0.05, 0.1) is 6.42 Å². The number of rotatable bonds is 5. The Morgan fingerprint density at radius 1 is 1.42 bits per heavy atom. The van der Waals surface area contributed by atoms with Crippen LogP contribution in [-0.2, 0) is 11.3 Å². The largest absolute Gasteiger partial charge is 0.481 e. The minimum Gasteiger partial charge on any atom is -0.481 e. The molecule has 1 rings (SSSR count). The highest BCUT2D eigenvalue weighted by atomic mass is 79.9. The summed E-state index contributed by atoms with van der Waals surface area (Å²) >= 11 is 9.51. The maximum absolute atomic E-state index is 10.7. The zero-order valence-corrected chi connectivity index (χ0v) is 13.8. The topological polar surface area (TPSA) is 40.5 Å². The third-order valence-electron chi connectivity index (χ3n) is 2.91. The molecule has 1 N–H and O–H groups in total. The van der Waals surface area contributed by atoms with E-state index in [2.05, 4.69) is 41.6 Å². The first-order valence-corrected chi connectivity index (χ1v) is 7.28. The molecule has 1 aromatic carbocycles. The van der Waals surface area contributed by atoms with Gasteiger partial charge in [-0.3, -0.25) is 9.69 Å². The molecule has 0 saturated heterocycles. The molecule has 0 atom stereocenters. The Bertz CT molecular complexity index is 457. The fourth-order valence-electron chi connectivity index (χ4n) is 1.75. The molecule has 0 saturated carbocycles. The summed E-state index contributed by atoms with van der Waals surface area (Å²) in [6, 6.07) is 5.65. The lowest BCUT2D eigenvalue weighted by molar-refractivity contribution is -0.137. The smallest absolute Gasteiger partial charge is 0.304 e. The van der Waals surface area contributed by atoms with Gasteiger partial charge in [-0.25, -0.2) is 0 Å². The van der Waals surface area contributed by atoms with Gasteiger partial charge in [-0.2, -0.15) is 0 Å². The predicted octanol–water partition coefficient (Wildman–Crippen LogP) is 4.18. The maximum Gasteiger partial charge on any atom is 0.304 e. The average Bonchev–Trinajstić information content (AvgIpc) is 2.26. The molecule has 1 aromatic rings. The molecule has 0 unspecified atom stereocenters. The second-order valence-corrected chi connectivity index (χ2v) is 6.76. The van der Waals surface area contributed by atoms with E-state index in [0.29, 0.717) is 18.1 Å². The van der Waals surface area contributed by atoms with E-state index in [1.165, 1.54) is 0 Å². The van der Waals surface area contributed by atoms with Gasteiger partial charge in [-0.15, -0.1) is 0 Å². The summed E-state index contributed by atoms with van der Waals surface area (Å²) in [6.45, 7) is 7.41. The zero-order chi connectivity index (χ0) is 14.6. The summed E-state index contributed by atoms with van der Waals surface area (Å²) in [6.07, 6.45) is 0.134. The zero-order valence-electron chi connectivity index (χ0n) is 11.4. The standard InChI is InChI=1S/C14H19BrClNO2/c1-14(2,3)17(7-6-13(18)19)9-10-8-11(16)4-5-12(10)15/h4-5,8H,6-7,9H2,1-3H3,(H,18,19). The van der Waals surface area contributed by atoms with Crippen LogP contribution in [0.3, 0.4) is 0 Å². The molecule has 0 heterocycles. The Morgan fingerprint density at radius 2 is 2.05 bits per heavy atom. The van der Waals surface area contributed by atoms with Crippen LogP contribution in [0.15, 0.2) is 22.7 Å². The molecule has 0 fully saturated rings. The van der Waals surface area contributed by atoms with Gasteiger partial charge in [0.25, 0.3) is 0 Å². The molecule has 0 radical (unpaired) electrons. The average molecular weight is 349 g/mol. The van der Waals surface area contributed by atoms with E-state index in [-0.39, 0.29) is 12.0 Å². The number of aliphatic carboxylic acids is 1. The van der Waals surface area contributed by atoms with E-state index < -0.39 is 5.97 Å². The molecule has 0 amide bonds. The molecule has 0 aromatic heterocycles. The lowest BCUT2D eigenvalue weighted by atomic mass is 10.0. The molecule has 0 aliphatic heterocycles. The van der Waals surface area contributed by atoms with Gasteiger partial charge in [-0.05, 0) is 44.5 Å². The number of nitrogens with zero attached hydrogens (tertiary/aromatic N) is 1. The van der Waals surface area contributed by atoms with Crippen LogP contribution in [0.25, 0.3) is 0 Å². The molecule has 106 valence electrons. The van der Waals surface area contributed by atoms with E-state index >= 15 is 0 Å². The van der Waals surface area contributed by atoms with Crippen LogP contribution in [-0.4, -0.2) is 28.1 Å². The molecule has 0 spiro atoms. The number of hydrogen-bond acceptors (Lipinski definition) is 2. The lowest BCUT2D eigenvalue weighted by Crippen LogP contribution is -2.42. The van der Waals surface area contributed by atoms with Crippen molar-refractivity contribution >= 4 is 33.5 Å². The summed E-state index contributed by atoms with van der Waals surface area (Å²) < 4.78 is 0.987. The minimum atomic E-state index is -0.778. The molecular weight excluding hydrogens is 330 g/mol. The van der Waals surface area contributed by atoms with Gasteiger partial charge in [0.1, 0.15) is 0 Å². The Hall–Kier alpha value is -0.580. The number of carboxylic acids is 1. The molecule has 0 bridgehead atoms. The second-order valence-electron chi connectivity index (χ2n) is 5.47. The summed E-state index contributed by atoms with van der Waals surface area (Å²) in [5.41, 5.74) is 0.963. The minimum absolute atomic E-state index is 0.1000. The van der Waals surface area contributed by atoms with Crippen molar-refractivity contribution in [3.63, 3.8) is 0 Å². The monoisotopic (exact) mass is 347 g/mol. The van der Waals surface area contributed by atoms with Crippen molar-refractivity contribution < 1.29 is 9.90 Å². The van der Waals surface area contributed by atoms with Crippen molar-refractivity contribution in [2.45, 2.75) is 39.3 Å². The summed E-state index contributed by atoms with van der Waals surface area (Å²) in [5, 5.41) is 9.52. The van der Waals surface area contributed by atoms with Gasteiger partial charge in [0.15, 0.2) is 0 Å². The van der Waals surface area contributed by atoms with Gasteiger partial charge in [0.2, 0.25) is 0 Å². The van der Waals surface area contributed by atoms with E-state index in [4.69, 9.17) is 16.7 Å². The Balaban J connectivity index is 2.88. The first kappa shape index (κ1) is 16.5. The van der Waals surface area contributed by atoms with Crippen LogP contribution in [0.1, 0.15) is 32.8 Å². The van der Waals surface area contributed by atoms with Crippen LogP contribution in [0.2, 0.25) is 5.02 Å². The van der Waals surface area contributed by atoms with Crippen LogP contribution >= 0.6 is 27.5 Å². The predicted molar refractivity (Wildman–Crippen MR) is 81.6 cm³/mol. The summed E-state index contributed by atoms with van der Waals surface area (Å²) in [4.78, 5) is 12.9. The highest BCUT2D eigenvalue weighted by Gasteiger charge is 2.22. The summed E-state index contributed by atoms with van der Waals surface area (Å²) in [7, 11) is 0. The van der Waals surface area contributed by atoms with Crippen LogP contribution in [0.5, 0.6) is 0 Å². The van der Waals surface area contributed by atoms with Gasteiger partial charge in [-0.1, -0.05) is 27.5 Å². The van der Waals surface area contributed by atoms with Crippen LogP contribution in [0, 0.1) is 0 Å². The van der Waals surface area contributed by atoms with Crippen molar-refractivity contribution in [2.75, 3.05) is 6.54 Å². The van der Waals surface area contributed by atoms with Crippen LogP contribution < -0.4 is 0 Å². The van der Waals surface area contributed by atoms with E-state index in [0.717, 1.165) is 10.0 Å². The molecule has 0 aliphatic rings. The van der Waals surface area contributed by atoms with E-state index in [9.17, 15) is 4.79 Å². The third kappa shape index (κ3) is 5.51. The fourth-order valence-corrected chi connectivity index (χ4v) is 2.32. The quantitative estimate of drug-likeness (QED) is 0.868. The molecule has 19 heavy (non-hydrogen) atoms. The second kappa shape index (κ2) is 6.73. The van der Waals surface area contributed by atoms with Gasteiger partial charge >= 0.3 is 5.97 Å². The maximum atomic E-state index is 10.7. The Labute approximate surface area is 127 Å². The number of hydrogen-bond donors (Lipinski definition) is 1. The normalized spacial score (nSPS) is 11.9. The number of carbonyl (C=O) groups is 1. The molecular formula is C14H19BrClNO2. The lowest BCUT2D eigenvalue weighted by Gasteiger charge is -2.35. The molecule has 5 heteroatoms. The van der Waals surface area contributed by atoms with Crippen molar-refractivity contribution in [1.29, 1.82) is 0 Å². The van der Waals surface area contributed by atoms with Crippen molar-refractivity contribution in [2.24, 2.45) is 0 Å². The van der Waals surface area contributed by atoms with E-state index in [1.807, 2.05) is 18.2 Å². The SMILES string of the molecule is CC(C)(C)N(CCC(=O)O)Cc1cc(Cl)ccc1Br.